The average Bonchev–Trinajstić information content (AvgIpc) is 2.01. The summed E-state index contributed by atoms with van der Waals surface area (Å²) in [5, 5.41) is 3.51. The smallest absolute Gasteiger partial charge is 0.266 e. The number of carbonyl (C=O) groups is 1. The van der Waals surface area contributed by atoms with Gasteiger partial charge in [-0.15, -0.1) is 0 Å². The van der Waals surface area contributed by atoms with E-state index in [4.69, 9.17) is 4.74 Å². The van der Waals surface area contributed by atoms with Crippen LogP contribution < -0.4 is 5.43 Å². The Balaban J connectivity index is 3.23. The highest BCUT2D eigenvalue weighted by molar-refractivity contribution is 5.77. The monoisotopic (exact) mass is 160 g/mol. The molecular formula is C6H12N2O3. The van der Waals surface area contributed by atoms with Crippen LogP contribution in [0.5, 0.6) is 0 Å². The maximum atomic E-state index is 10.7. The molecule has 5 nitrogen and oxygen atoms in total. The van der Waals surface area contributed by atoms with E-state index in [1.165, 1.54) is 13.3 Å². The fourth-order valence-electron chi connectivity index (χ4n) is 0.387. The predicted molar refractivity (Wildman–Crippen MR) is 40.1 cm³/mol. The standard InChI is InChI=1S/C6H12N2O3/c1-3-7-8-6(9)4-11-5-10-2/h3H,4-5H2,1-2H3,(H,8,9). The van der Waals surface area contributed by atoms with Gasteiger partial charge in [-0.25, -0.2) is 5.43 Å². The minimum absolute atomic E-state index is 0.0365. The topological polar surface area (TPSA) is 59.9 Å². The van der Waals surface area contributed by atoms with E-state index >= 15 is 0 Å². The molecule has 0 spiro atoms. The Kier molecular flexibility index (Phi) is 6.56. The molecule has 0 saturated heterocycles. The zero-order valence-corrected chi connectivity index (χ0v) is 6.66. The van der Waals surface area contributed by atoms with Crippen molar-refractivity contribution in [3.8, 4) is 0 Å². The molecule has 5 heteroatoms. The van der Waals surface area contributed by atoms with E-state index in [0.29, 0.717) is 0 Å². The van der Waals surface area contributed by atoms with E-state index in [9.17, 15) is 4.79 Å². The van der Waals surface area contributed by atoms with Crippen LogP contribution in [-0.2, 0) is 14.3 Å². The molecule has 0 heterocycles. The molecule has 0 atom stereocenters. The zero-order chi connectivity index (χ0) is 8.53. The van der Waals surface area contributed by atoms with Gasteiger partial charge in [0.2, 0.25) is 0 Å². The van der Waals surface area contributed by atoms with Crippen molar-refractivity contribution in [3.05, 3.63) is 0 Å². The first-order valence-corrected chi connectivity index (χ1v) is 3.14. The van der Waals surface area contributed by atoms with Crippen LogP contribution in [0.3, 0.4) is 0 Å². The minimum atomic E-state index is -0.292. The third kappa shape index (κ3) is 6.95. The molecule has 0 unspecified atom stereocenters. The number of rotatable bonds is 5. The van der Waals surface area contributed by atoms with Crippen molar-refractivity contribution < 1.29 is 14.3 Å². The van der Waals surface area contributed by atoms with Crippen molar-refractivity contribution in [2.24, 2.45) is 5.10 Å². The molecule has 0 aliphatic rings. The molecular weight excluding hydrogens is 148 g/mol. The third-order valence-corrected chi connectivity index (χ3v) is 0.753. The molecule has 11 heavy (non-hydrogen) atoms. The Hall–Kier alpha value is -0.940. The highest BCUT2D eigenvalue weighted by atomic mass is 16.7. The van der Waals surface area contributed by atoms with Crippen LogP contribution in [0.25, 0.3) is 0 Å². The van der Waals surface area contributed by atoms with Gasteiger partial charge in [0.15, 0.2) is 0 Å². The molecule has 1 amide bonds. The summed E-state index contributed by atoms with van der Waals surface area (Å²) in [6.45, 7) is 1.78. The molecule has 0 fully saturated rings. The average molecular weight is 160 g/mol. The molecule has 0 aromatic carbocycles. The van der Waals surface area contributed by atoms with Gasteiger partial charge in [-0.3, -0.25) is 4.79 Å². The summed E-state index contributed by atoms with van der Waals surface area (Å²) in [5.74, 6) is -0.292. The van der Waals surface area contributed by atoms with Gasteiger partial charge in [-0.1, -0.05) is 0 Å². The molecule has 0 saturated carbocycles. The number of nitrogens with one attached hydrogen (secondary N) is 1. The Morgan fingerprint density at radius 2 is 2.45 bits per heavy atom. The molecule has 0 bridgehead atoms. The van der Waals surface area contributed by atoms with E-state index in [1.54, 1.807) is 6.92 Å². The van der Waals surface area contributed by atoms with Crippen LogP contribution in [0.4, 0.5) is 0 Å². The van der Waals surface area contributed by atoms with Crippen LogP contribution in [0, 0.1) is 0 Å². The van der Waals surface area contributed by atoms with Crippen molar-refractivity contribution in [1.82, 2.24) is 5.43 Å². The highest BCUT2D eigenvalue weighted by Crippen LogP contribution is 1.74. The number of methoxy groups -OCH3 is 1. The summed E-state index contributed by atoms with van der Waals surface area (Å²) in [7, 11) is 1.49. The number of hydrogen-bond donors (Lipinski definition) is 1. The van der Waals surface area contributed by atoms with Gasteiger partial charge in [0.05, 0.1) is 0 Å². The molecule has 0 aliphatic carbocycles. The quantitative estimate of drug-likeness (QED) is 0.260. The van der Waals surface area contributed by atoms with Crippen LogP contribution in [-0.4, -0.2) is 32.6 Å². The van der Waals surface area contributed by atoms with Gasteiger partial charge in [-0.2, -0.15) is 5.10 Å². The molecule has 0 aliphatic heterocycles. The van der Waals surface area contributed by atoms with Crippen LogP contribution in [0.15, 0.2) is 5.10 Å². The second-order valence-electron chi connectivity index (χ2n) is 1.68. The molecule has 1 N–H and O–H groups in total. The Morgan fingerprint density at radius 3 is 3.00 bits per heavy atom. The van der Waals surface area contributed by atoms with Gasteiger partial charge in [0.1, 0.15) is 13.4 Å². The van der Waals surface area contributed by atoms with Crippen molar-refractivity contribution in [2.75, 3.05) is 20.5 Å². The van der Waals surface area contributed by atoms with E-state index in [1.807, 2.05) is 0 Å². The lowest BCUT2D eigenvalue weighted by Crippen LogP contribution is -2.23. The van der Waals surface area contributed by atoms with E-state index < -0.39 is 0 Å². The second-order valence-corrected chi connectivity index (χ2v) is 1.68. The number of ether oxygens (including phenoxy) is 2. The summed E-state index contributed by atoms with van der Waals surface area (Å²) in [6.07, 6.45) is 1.48. The van der Waals surface area contributed by atoms with Crippen molar-refractivity contribution in [1.29, 1.82) is 0 Å². The van der Waals surface area contributed by atoms with Gasteiger partial charge < -0.3 is 9.47 Å². The SMILES string of the molecule is CC=NNC(=O)COCOC. The van der Waals surface area contributed by atoms with E-state index in [0.717, 1.165) is 0 Å². The first kappa shape index (κ1) is 10.1. The Labute approximate surface area is 65.4 Å². The van der Waals surface area contributed by atoms with Gasteiger partial charge in [0.25, 0.3) is 5.91 Å². The highest BCUT2D eigenvalue weighted by Gasteiger charge is 1.96. The van der Waals surface area contributed by atoms with Crippen molar-refractivity contribution >= 4 is 12.1 Å². The van der Waals surface area contributed by atoms with Crippen molar-refractivity contribution in [2.45, 2.75) is 6.92 Å². The first-order valence-electron chi connectivity index (χ1n) is 3.14. The van der Waals surface area contributed by atoms with Crippen LogP contribution in [0.1, 0.15) is 6.92 Å². The third-order valence-electron chi connectivity index (χ3n) is 0.753. The second kappa shape index (κ2) is 7.17. The lowest BCUT2D eigenvalue weighted by atomic mass is 10.7. The number of hydrogen-bond acceptors (Lipinski definition) is 4. The molecule has 0 rings (SSSR count). The van der Waals surface area contributed by atoms with Gasteiger partial charge in [-0.05, 0) is 6.92 Å². The fourth-order valence-corrected chi connectivity index (χ4v) is 0.387. The summed E-state index contributed by atoms with van der Waals surface area (Å²) in [6, 6.07) is 0. The normalized spacial score (nSPS) is 10.4. The lowest BCUT2D eigenvalue weighted by molar-refractivity contribution is -0.130. The largest absolute Gasteiger partial charge is 0.359 e. The fraction of sp³-hybridized carbons (Fsp3) is 0.667. The minimum Gasteiger partial charge on any atom is -0.359 e. The van der Waals surface area contributed by atoms with E-state index in [2.05, 4.69) is 15.3 Å². The number of amides is 1. The summed E-state index contributed by atoms with van der Waals surface area (Å²) in [4.78, 5) is 10.7. The zero-order valence-electron chi connectivity index (χ0n) is 6.66. The maximum absolute atomic E-state index is 10.7. The molecule has 64 valence electrons. The van der Waals surface area contributed by atoms with Crippen LogP contribution >= 0.6 is 0 Å². The predicted octanol–water partition coefficient (Wildman–Crippen LogP) is -0.271. The number of hydrazone groups is 1. The number of carbonyl (C=O) groups excluding carboxylic acids is 1. The lowest BCUT2D eigenvalue weighted by Gasteiger charge is -1.99. The molecule has 0 radical (unpaired) electrons. The molecule has 0 aromatic rings. The first-order chi connectivity index (χ1) is 5.31. The number of nitrogens with zero attached hydrogens (tertiary/aromatic N) is 1. The van der Waals surface area contributed by atoms with E-state index in [-0.39, 0.29) is 19.3 Å². The Bertz CT molecular complexity index is 136. The molecule has 0 aromatic heterocycles. The van der Waals surface area contributed by atoms with Gasteiger partial charge in [0, 0.05) is 13.3 Å². The van der Waals surface area contributed by atoms with Crippen LogP contribution in [0.2, 0.25) is 0 Å². The summed E-state index contributed by atoms with van der Waals surface area (Å²) in [5.41, 5.74) is 2.24. The maximum Gasteiger partial charge on any atom is 0.266 e. The van der Waals surface area contributed by atoms with Crippen molar-refractivity contribution in [3.63, 3.8) is 0 Å². The van der Waals surface area contributed by atoms with Gasteiger partial charge >= 0.3 is 0 Å². The summed E-state index contributed by atoms with van der Waals surface area (Å²) < 4.78 is 9.29. The summed E-state index contributed by atoms with van der Waals surface area (Å²) >= 11 is 0. The Morgan fingerprint density at radius 1 is 1.73 bits per heavy atom.